The topological polar surface area (TPSA) is 73.8 Å². The second-order valence-corrected chi connectivity index (χ2v) is 9.27. The monoisotopic (exact) mass is 452 g/mol. The third-order valence-electron chi connectivity index (χ3n) is 5.67. The van der Waals surface area contributed by atoms with E-state index < -0.39 is 11.8 Å². The van der Waals surface area contributed by atoms with Gasteiger partial charge in [0.2, 0.25) is 5.91 Å². The average Bonchev–Trinajstić information content (AvgIpc) is 3.35. The van der Waals surface area contributed by atoms with E-state index in [4.69, 9.17) is 4.98 Å². The van der Waals surface area contributed by atoms with Crippen LogP contribution in [-0.2, 0) is 4.79 Å². The minimum atomic E-state index is -0.397. The third kappa shape index (κ3) is 3.47. The fourth-order valence-electron chi connectivity index (χ4n) is 3.98. The molecule has 2 aliphatic rings. The first-order valence-electron chi connectivity index (χ1n) is 9.98. The molecule has 5 rings (SSSR count). The number of carbonyl (C=O) groups excluding carboxylic acids is 3. The normalized spacial score (nSPS) is 16.4. The number of thioether (sulfide) groups is 1. The second-order valence-electron chi connectivity index (χ2n) is 7.41. The van der Waals surface area contributed by atoms with Gasteiger partial charge in [-0.15, -0.1) is 11.8 Å². The van der Waals surface area contributed by atoms with Gasteiger partial charge in [-0.05, 0) is 30.5 Å². The van der Waals surface area contributed by atoms with Crippen LogP contribution in [0.15, 0.2) is 47.4 Å². The molecule has 0 saturated carbocycles. The highest BCUT2D eigenvalue weighted by atomic mass is 32.2. The van der Waals surface area contributed by atoms with E-state index in [2.05, 4.69) is 17.0 Å². The number of aromatic nitrogens is 1. The molecule has 0 spiro atoms. The lowest BCUT2D eigenvalue weighted by Gasteiger charge is -2.35. The molecule has 158 valence electrons. The molecule has 3 amide bonds. The van der Waals surface area contributed by atoms with Crippen molar-refractivity contribution < 1.29 is 14.4 Å². The summed E-state index contributed by atoms with van der Waals surface area (Å²) in [4.78, 5) is 48.8. The van der Waals surface area contributed by atoms with E-state index in [1.165, 1.54) is 0 Å². The zero-order valence-corrected chi connectivity index (χ0v) is 18.5. The van der Waals surface area contributed by atoms with Crippen molar-refractivity contribution in [1.29, 1.82) is 0 Å². The molecule has 9 heteroatoms. The Morgan fingerprint density at radius 1 is 1.00 bits per heavy atom. The summed E-state index contributed by atoms with van der Waals surface area (Å²) in [7, 11) is 0. The molecule has 0 aliphatic carbocycles. The molecule has 2 aromatic carbocycles. The molecule has 0 N–H and O–H groups in total. The van der Waals surface area contributed by atoms with Gasteiger partial charge in [0.1, 0.15) is 6.54 Å². The Hall–Kier alpha value is -2.91. The maximum absolute atomic E-state index is 12.8. The van der Waals surface area contributed by atoms with Crippen LogP contribution >= 0.6 is 23.1 Å². The first kappa shape index (κ1) is 20.0. The molecular formula is C22H20N4O3S2. The molecule has 0 atom stereocenters. The summed E-state index contributed by atoms with van der Waals surface area (Å²) >= 11 is 3.35. The molecular weight excluding hydrogens is 432 g/mol. The van der Waals surface area contributed by atoms with Crippen LogP contribution in [0.1, 0.15) is 20.7 Å². The fourth-order valence-corrected chi connectivity index (χ4v) is 5.65. The molecule has 0 unspecified atom stereocenters. The molecule has 0 bridgehead atoms. The number of para-hydroxylation sites is 1. The lowest BCUT2D eigenvalue weighted by molar-refractivity contribution is -0.131. The minimum absolute atomic E-state index is 0.205. The number of anilines is 1. The molecule has 3 aromatic rings. The number of nitrogens with zero attached hydrogens (tertiary/aromatic N) is 4. The van der Waals surface area contributed by atoms with Crippen LogP contribution in [0.25, 0.3) is 10.2 Å². The lowest BCUT2D eigenvalue weighted by Crippen LogP contribution is -2.51. The number of fused-ring (bicyclic) bond motifs is 2. The number of thiazole rings is 1. The predicted molar refractivity (Wildman–Crippen MR) is 122 cm³/mol. The Kier molecular flexibility index (Phi) is 5.15. The van der Waals surface area contributed by atoms with Crippen LogP contribution in [0, 0.1) is 0 Å². The lowest BCUT2D eigenvalue weighted by atomic mass is 10.1. The van der Waals surface area contributed by atoms with Crippen LogP contribution < -0.4 is 4.90 Å². The number of benzene rings is 2. The fraction of sp³-hybridized carbons (Fsp3) is 0.273. The van der Waals surface area contributed by atoms with Crippen molar-refractivity contribution in [3.63, 3.8) is 0 Å². The van der Waals surface area contributed by atoms with E-state index in [-0.39, 0.29) is 12.5 Å². The highest BCUT2D eigenvalue weighted by molar-refractivity contribution is 7.98. The van der Waals surface area contributed by atoms with E-state index in [1.807, 2.05) is 12.3 Å². The van der Waals surface area contributed by atoms with Crippen LogP contribution in [0.2, 0.25) is 0 Å². The molecule has 7 nitrogen and oxygen atoms in total. The summed E-state index contributed by atoms with van der Waals surface area (Å²) in [5, 5.41) is 0.962. The van der Waals surface area contributed by atoms with Crippen molar-refractivity contribution in [3.05, 3.63) is 53.6 Å². The molecule has 1 saturated heterocycles. The maximum atomic E-state index is 12.8. The molecule has 31 heavy (non-hydrogen) atoms. The smallest absolute Gasteiger partial charge is 0.262 e. The van der Waals surface area contributed by atoms with Crippen LogP contribution in [0.4, 0.5) is 5.13 Å². The molecule has 1 fully saturated rings. The van der Waals surface area contributed by atoms with Gasteiger partial charge in [-0.2, -0.15) is 0 Å². The molecule has 2 aliphatic heterocycles. The first-order chi connectivity index (χ1) is 15.1. The quantitative estimate of drug-likeness (QED) is 0.448. The minimum Gasteiger partial charge on any atom is -0.345 e. The van der Waals surface area contributed by atoms with Crippen molar-refractivity contribution in [1.82, 2.24) is 14.8 Å². The van der Waals surface area contributed by atoms with Gasteiger partial charge in [0.15, 0.2) is 5.13 Å². The summed E-state index contributed by atoms with van der Waals surface area (Å²) in [5.74, 6) is -0.999. The zero-order chi connectivity index (χ0) is 21.5. The maximum Gasteiger partial charge on any atom is 0.262 e. The highest BCUT2D eigenvalue weighted by Crippen LogP contribution is 2.34. The molecule has 3 heterocycles. The van der Waals surface area contributed by atoms with Gasteiger partial charge in [0, 0.05) is 31.1 Å². The van der Waals surface area contributed by atoms with Gasteiger partial charge in [0.05, 0.1) is 21.3 Å². The van der Waals surface area contributed by atoms with Crippen LogP contribution in [-0.4, -0.2) is 71.5 Å². The van der Waals surface area contributed by atoms with E-state index in [0.29, 0.717) is 37.3 Å². The second kappa shape index (κ2) is 7.97. The molecule has 0 radical (unpaired) electrons. The summed E-state index contributed by atoms with van der Waals surface area (Å²) in [5.41, 5.74) is 1.76. The largest absolute Gasteiger partial charge is 0.345 e. The van der Waals surface area contributed by atoms with Crippen LogP contribution in [0.3, 0.4) is 0 Å². The average molecular weight is 453 g/mol. The predicted octanol–water partition coefficient (Wildman–Crippen LogP) is 2.96. The van der Waals surface area contributed by atoms with Gasteiger partial charge in [-0.25, -0.2) is 4.98 Å². The van der Waals surface area contributed by atoms with Crippen molar-refractivity contribution in [3.8, 4) is 0 Å². The number of amides is 3. The van der Waals surface area contributed by atoms with Crippen molar-refractivity contribution in [2.24, 2.45) is 0 Å². The Labute approximate surface area is 187 Å². The number of rotatable bonds is 4. The van der Waals surface area contributed by atoms with Gasteiger partial charge in [0.25, 0.3) is 11.8 Å². The van der Waals surface area contributed by atoms with Gasteiger partial charge in [-0.1, -0.05) is 29.5 Å². The molecule has 1 aromatic heterocycles. The Balaban J connectivity index is 1.24. The number of imide groups is 1. The van der Waals surface area contributed by atoms with Gasteiger partial charge < -0.3 is 9.80 Å². The van der Waals surface area contributed by atoms with Crippen molar-refractivity contribution in [2.75, 3.05) is 43.9 Å². The van der Waals surface area contributed by atoms with E-state index >= 15 is 0 Å². The Morgan fingerprint density at radius 2 is 1.68 bits per heavy atom. The first-order valence-corrected chi connectivity index (χ1v) is 12.0. The Morgan fingerprint density at radius 3 is 2.32 bits per heavy atom. The number of hydrogen-bond donors (Lipinski definition) is 0. The van der Waals surface area contributed by atoms with E-state index in [1.54, 1.807) is 52.3 Å². The summed E-state index contributed by atoms with van der Waals surface area (Å²) in [6.45, 7) is 2.19. The highest BCUT2D eigenvalue weighted by Gasteiger charge is 2.37. The summed E-state index contributed by atoms with van der Waals surface area (Å²) < 4.78 is 1.16. The van der Waals surface area contributed by atoms with Crippen LogP contribution in [0.5, 0.6) is 0 Å². The van der Waals surface area contributed by atoms with E-state index in [9.17, 15) is 14.4 Å². The SMILES string of the molecule is CSc1cccc2sc(N3CCN(C(=O)CN4C(=O)c5ccccc5C4=O)CC3)nc12. The summed E-state index contributed by atoms with van der Waals surface area (Å²) in [6, 6.07) is 12.9. The van der Waals surface area contributed by atoms with Crippen molar-refractivity contribution in [2.45, 2.75) is 4.90 Å². The third-order valence-corrected chi connectivity index (χ3v) is 7.52. The number of piperazine rings is 1. The number of hydrogen-bond acceptors (Lipinski definition) is 7. The van der Waals surface area contributed by atoms with Gasteiger partial charge >= 0.3 is 0 Å². The zero-order valence-electron chi connectivity index (χ0n) is 16.9. The van der Waals surface area contributed by atoms with Gasteiger partial charge in [-0.3, -0.25) is 19.3 Å². The summed E-state index contributed by atoms with van der Waals surface area (Å²) in [6.07, 6.45) is 2.05. The number of carbonyl (C=O) groups is 3. The van der Waals surface area contributed by atoms with E-state index in [0.717, 1.165) is 25.1 Å². The van der Waals surface area contributed by atoms with Crippen molar-refractivity contribution >= 4 is 56.2 Å². The Bertz CT molecular complexity index is 1170. The standard InChI is InChI=1S/C22H20N4O3S2/c1-30-16-7-4-8-17-19(16)23-22(31-17)25-11-9-24(10-12-25)18(27)13-26-20(28)14-5-2-3-6-15(14)21(26)29/h2-8H,9-13H2,1H3.